The summed E-state index contributed by atoms with van der Waals surface area (Å²) in [5.41, 5.74) is 1.19. The average molecular weight is 350 g/mol. The van der Waals surface area contributed by atoms with Crippen LogP contribution in [0.2, 0.25) is 0 Å². The number of amides is 1. The van der Waals surface area contributed by atoms with Crippen molar-refractivity contribution < 1.29 is 18.0 Å². The van der Waals surface area contributed by atoms with Gasteiger partial charge in [0.1, 0.15) is 0 Å². The first-order chi connectivity index (χ1) is 11.8. The van der Waals surface area contributed by atoms with Crippen molar-refractivity contribution in [1.29, 1.82) is 0 Å². The second-order valence-corrected chi connectivity index (χ2v) is 5.60. The number of hydrogen-bond acceptors (Lipinski definition) is 2. The lowest BCUT2D eigenvalue weighted by atomic mass is 10.0. The van der Waals surface area contributed by atoms with Crippen LogP contribution in [0.3, 0.4) is 0 Å². The highest BCUT2D eigenvalue weighted by Crippen LogP contribution is 2.34. The minimum absolute atomic E-state index is 0.273. The maximum Gasteiger partial charge on any atom is 0.417 e. The Balaban J connectivity index is 2.60. The summed E-state index contributed by atoms with van der Waals surface area (Å²) in [7, 11) is 0. The number of benzene rings is 1. The van der Waals surface area contributed by atoms with Crippen molar-refractivity contribution in [2.75, 3.05) is 11.4 Å². The normalized spacial score (nSPS) is 11.4. The third-order valence-electron chi connectivity index (χ3n) is 4.15. The molecule has 2 aromatic rings. The Bertz CT molecular complexity index is 734. The van der Waals surface area contributed by atoms with Crippen LogP contribution >= 0.6 is 0 Å². The van der Waals surface area contributed by atoms with E-state index in [1.807, 2.05) is 32.0 Å². The first-order valence-corrected chi connectivity index (χ1v) is 8.28. The van der Waals surface area contributed by atoms with E-state index in [2.05, 4.69) is 4.98 Å². The molecule has 134 valence electrons. The molecule has 0 aliphatic carbocycles. The first-order valence-electron chi connectivity index (χ1n) is 8.28. The van der Waals surface area contributed by atoms with E-state index < -0.39 is 23.2 Å². The summed E-state index contributed by atoms with van der Waals surface area (Å²) in [6.45, 7) is 5.95. The number of nitrogens with zero attached hydrogens (tertiary/aromatic N) is 2. The molecule has 0 aliphatic heterocycles. The quantitative estimate of drug-likeness (QED) is 0.769. The summed E-state index contributed by atoms with van der Waals surface area (Å²) >= 11 is 0. The number of halogens is 3. The van der Waals surface area contributed by atoms with Crippen LogP contribution in [0.5, 0.6) is 0 Å². The van der Waals surface area contributed by atoms with Gasteiger partial charge in [0.15, 0.2) is 0 Å². The van der Waals surface area contributed by atoms with Gasteiger partial charge >= 0.3 is 6.18 Å². The van der Waals surface area contributed by atoms with E-state index in [9.17, 15) is 18.0 Å². The summed E-state index contributed by atoms with van der Waals surface area (Å²) < 4.78 is 39.8. The molecule has 0 saturated heterocycles. The number of pyridine rings is 1. The Labute approximate surface area is 145 Å². The molecule has 25 heavy (non-hydrogen) atoms. The smallest absolute Gasteiger partial charge is 0.308 e. The highest BCUT2D eigenvalue weighted by molar-refractivity contribution is 6.07. The number of para-hydroxylation sites is 1. The Morgan fingerprint density at radius 1 is 1.08 bits per heavy atom. The van der Waals surface area contributed by atoms with Gasteiger partial charge < -0.3 is 4.90 Å². The predicted molar refractivity (Wildman–Crippen MR) is 91.8 cm³/mol. The Kier molecular flexibility index (Phi) is 5.82. The van der Waals surface area contributed by atoms with E-state index in [1.54, 1.807) is 6.92 Å². The van der Waals surface area contributed by atoms with Crippen LogP contribution in [-0.2, 0) is 19.0 Å². The zero-order valence-corrected chi connectivity index (χ0v) is 14.5. The van der Waals surface area contributed by atoms with E-state index in [1.165, 1.54) is 4.90 Å². The fourth-order valence-electron chi connectivity index (χ4n) is 2.92. The van der Waals surface area contributed by atoms with Crippen molar-refractivity contribution in [3.63, 3.8) is 0 Å². The molecule has 2 rings (SSSR count). The molecule has 0 fully saturated rings. The molecule has 0 atom stereocenters. The zero-order chi connectivity index (χ0) is 18.6. The van der Waals surface area contributed by atoms with Crippen molar-refractivity contribution >= 4 is 11.6 Å². The van der Waals surface area contributed by atoms with E-state index in [0.717, 1.165) is 29.6 Å². The fraction of sp³-hybridized carbons (Fsp3) is 0.368. The van der Waals surface area contributed by atoms with E-state index in [-0.39, 0.29) is 6.54 Å². The summed E-state index contributed by atoms with van der Waals surface area (Å²) in [5, 5.41) is 0. The van der Waals surface area contributed by atoms with E-state index >= 15 is 0 Å². The van der Waals surface area contributed by atoms with Gasteiger partial charge in [0.25, 0.3) is 5.91 Å². The molecule has 0 aliphatic rings. The van der Waals surface area contributed by atoms with E-state index in [0.29, 0.717) is 18.5 Å². The number of alkyl halides is 3. The van der Waals surface area contributed by atoms with Gasteiger partial charge in [0.2, 0.25) is 0 Å². The number of aryl methyl sites for hydroxylation is 2. The Morgan fingerprint density at radius 2 is 1.68 bits per heavy atom. The highest BCUT2D eigenvalue weighted by Gasteiger charge is 2.36. The molecule has 0 radical (unpaired) electrons. The summed E-state index contributed by atoms with van der Waals surface area (Å²) in [6.07, 6.45) is -1.19. The molecule has 0 unspecified atom stereocenters. The fourth-order valence-corrected chi connectivity index (χ4v) is 2.92. The highest BCUT2D eigenvalue weighted by atomic mass is 19.4. The summed E-state index contributed by atoms with van der Waals surface area (Å²) in [6, 6.07) is 6.55. The van der Waals surface area contributed by atoms with E-state index in [4.69, 9.17) is 0 Å². The van der Waals surface area contributed by atoms with Crippen molar-refractivity contribution in [2.45, 2.75) is 39.8 Å². The number of anilines is 1. The van der Waals surface area contributed by atoms with Gasteiger partial charge in [-0.1, -0.05) is 32.0 Å². The molecule has 3 nitrogen and oxygen atoms in total. The van der Waals surface area contributed by atoms with Crippen LogP contribution in [0.15, 0.2) is 36.7 Å². The third-order valence-corrected chi connectivity index (χ3v) is 4.15. The molecule has 0 N–H and O–H groups in total. The van der Waals surface area contributed by atoms with Crippen LogP contribution in [0.25, 0.3) is 0 Å². The van der Waals surface area contributed by atoms with Gasteiger partial charge in [0, 0.05) is 18.9 Å². The number of rotatable bonds is 5. The molecule has 1 aromatic carbocycles. The lowest BCUT2D eigenvalue weighted by Crippen LogP contribution is -2.34. The lowest BCUT2D eigenvalue weighted by Gasteiger charge is -2.27. The monoisotopic (exact) mass is 350 g/mol. The van der Waals surface area contributed by atoms with Crippen LogP contribution in [0.1, 0.15) is 47.8 Å². The second-order valence-electron chi connectivity index (χ2n) is 5.60. The van der Waals surface area contributed by atoms with Crippen molar-refractivity contribution in [1.82, 2.24) is 4.98 Å². The standard InChI is InChI=1S/C19H21F3N2O/c1-4-13-8-7-9-14(5-2)17(13)24(6-3)18(25)15-12-23-11-10-16(15)19(20,21)22/h7-12H,4-6H2,1-3H3. The van der Waals surface area contributed by atoms with Crippen LogP contribution in [0, 0.1) is 0 Å². The molecular formula is C19H21F3N2O. The zero-order valence-electron chi connectivity index (χ0n) is 14.5. The van der Waals surface area contributed by atoms with Gasteiger partial charge in [-0.2, -0.15) is 13.2 Å². The van der Waals surface area contributed by atoms with Crippen LogP contribution in [-0.4, -0.2) is 17.4 Å². The molecule has 1 aromatic heterocycles. The molecule has 1 heterocycles. The molecule has 0 bridgehead atoms. The average Bonchev–Trinajstić information content (AvgIpc) is 2.61. The van der Waals surface area contributed by atoms with Crippen LogP contribution in [0.4, 0.5) is 18.9 Å². The van der Waals surface area contributed by atoms with Crippen molar-refractivity contribution in [3.8, 4) is 0 Å². The number of carbonyl (C=O) groups excluding carboxylic acids is 1. The van der Waals surface area contributed by atoms with Crippen LogP contribution < -0.4 is 4.90 Å². The molecular weight excluding hydrogens is 329 g/mol. The number of hydrogen-bond donors (Lipinski definition) is 0. The van der Waals surface area contributed by atoms with Crippen molar-refractivity contribution in [2.24, 2.45) is 0 Å². The first kappa shape index (κ1) is 19.0. The Hall–Kier alpha value is -2.37. The van der Waals surface area contributed by atoms with Gasteiger partial charge in [-0.25, -0.2) is 0 Å². The van der Waals surface area contributed by atoms with Gasteiger partial charge in [-0.15, -0.1) is 0 Å². The largest absolute Gasteiger partial charge is 0.417 e. The number of aromatic nitrogens is 1. The Morgan fingerprint density at radius 3 is 2.16 bits per heavy atom. The summed E-state index contributed by atoms with van der Waals surface area (Å²) in [5.74, 6) is -0.682. The minimum Gasteiger partial charge on any atom is -0.308 e. The molecule has 0 saturated carbocycles. The minimum atomic E-state index is -4.61. The van der Waals surface area contributed by atoms with Gasteiger partial charge in [0.05, 0.1) is 16.8 Å². The maximum atomic E-state index is 13.3. The molecule has 0 spiro atoms. The molecule has 6 heteroatoms. The lowest BCUT2D eigenvalue weighted by molar-refractivity contribution is -0.138. The van der Waals surface area contributed by atoms with Gasteiger partial charge in [-0.3, -0.25) is 9.78 Å². The predicted octanol–water partition coefficient (Wildman–Crippen LogP) is 4.89. The van der Waals surface area contributed by atoms with Crippen molar-refractivity contribution in [3.05, 3.63) is 58.9 Å². The summed E-state index contributed by atoms with van der Waals surface area (Å²) in [4.78, 5) is 18.1. The third kappa shape index (κ3) is 3.83. The maximum absolute atomic E-state index is 13.3. The second kappa shape index (κ2) is 7.68. The topological polar surface area (TPSA) is 33.2 Å². The molecule has 1 amide bonds. The number of carbonyl (C=O) groups is 1. The van der Waals surface area contributed by atoms with Gasteiger partial charge in [-0.05, 0) is 37.0 Å². The SMILES string of the molecule is CCc1cccc(CC)c1N(CC)C(=O)c1cnccc1C(F)(F)F.